The molecule has 0 saturated heterocycles. The number of ether oxygens (including phenoxy) is 1. The molecule has 3 rings (SSSR count). The van der Waals surface area contributed by atoms with Crippen molar-refractivity contribution in [2.45, 2.75) is 19.8 Å². The van der Waals surface area contributed by atoms with Gasteiger partial charge >= 0.3 is 0 Å². The molecule has 0 bridgehead atoms. The number of para-hydroxylation sites is 1. The number of anilines is 1. The lowest BCUT2D eigenvalue weighted by molar-refractivity contribution is -0.120. The van der Waals surface area contributed by atoms with Gasteiger partial charge < -0.3 is 10.1 Å². The predicted octanol–water partition coefficient (Wildman–Crippen LogP) is 1.85. The third-order valence-electron chi connectivity index (χ3n) is 4.10. The van der Waals surface area contributed by atoms with Crippen molar-refractivity contribution in [2.24, 2.45) is 13.0 Å². The van der Waals surface area contributed by atoms with Gasteiger partial charge in [0.2, 0.25) is 0 Å². The Morgan fingerprint density at radius 2 is 2.00 bits per heavy atom. The summed E-state index contributed by atoms with van der Waals surface area (Å²) in [5, 5.41) is 2.69. The van der Waals surface area contributed by atoms with Crippen LogP contribution in [0, 0.1) is 12.8 Å². The fourth-order valence-electron chi connectivity index (χ4n) is 2.49. The van der Waals surface area contributed by atoms with Crippen LogP contribution in [0.15, 0.2) is 35.1 Å². The molecule has 0 spiro atoms. The van der Waals surface area contributed by atoms with Gasteiger partial charge in [0, 0.05) is 7.05 Å². The zero-order valence-corrected chi connectivity index (χ0v) is 13.4. The lowest BCUT2D eigenvalue weighted by Gasteiger charge is -2.07. The van der Waals surface area contributed by atoms with Crippen LogP contribution in [-0.4, -0.2) is 28.5 Å². The lowest BCUT2D eigenvalue weighted by atomic mass is 10.3. The summed E-state index contributed by atoms with van der Waals surface area (Å²) in [7, 11) is 1.79. The van der Waals surface area contributed by atoms with Gasteiger partial charge in [-0.1, -0.05) is 18.2 Å². The first kappa shape index (κ1) is 15.6. The zero-order valence-electron chi connectivity index (χ0n) is 13.4. The van der Waals surface area contributed by atoms with E-state index in [9.17, 15) is 9.59 Å². The minimum absolute atomic E-state index is 0.0182. The minimum Gasteiger partial charge on any atom is -0.371 e. The van der Waals surface area contributed by atoms with Crippen molar-refractivity contribution in [3.63, 3.8) is 0 Å². The zero-order chi connectivity index (χ0) is 16.4. The van der Waals surface area contributed by atoms with Crippen molar-refractivity contribution in [2.75, 3.05) is 18.5 Å². The van der Waals surface area contributed by atoms with Crippen molar-refractivity contribution >= 4 is 11.6 Å². The fraction of sp³-hybridized carbons (Fsp3) is 0.412. The highest BCUT2D eigenvalue weighted by Gasteiger charge is 2.22. The molecule has 6 nitrogen and oxygen atoms in total. The molecule has 6 heteroatoms. The van der Waals surface area contributed by atoms with E-state index in [-0.39, 0.29) is 18.1 Å². The molecule has 122 valence electrons. The van der Waals surface area contributed by atoms with E-state index in [1.165, 1.54) is 17.5 Å². The molecule has 1 amide bonds. The van der Waals surface area contributed by atoms with E-state index >= 15 is 0 Å². The van der Waals surface area contributed by atoms with Crippen molar-refractivity contribution in [1.82, 2.24) is 9.36 Å². The number of nitrogens with one attached hydrogen (secondary N) is 1. The smallest absolute Gasteiger partial charge is 0.295 e. The highest BCUT2D eigenvalue weighted by molar-refractivity contribution is 5.92. The van der Waals surface area contributed by atoms with Crippen LogP contribution in [0.3, 0.4) is 0 Å². The summed E-state index contributed by atoms with van der Waals surface area (Å²) < 4.78 is 8.64. The normalized spacial score (nSPS) is 14.0. The average Bonchev–Trinajstić information content (AvgIpc) is 3.34. The van der Waals surface area contributed by atoms with Gasteiger partial charge in [0.05, 0.1) is 18.0 Å². The van der Waals surface area contributed by atoms with Crippen molar-refractivity contribution < 1.29 is 9.53 Å². The van der Waals surface area contributed by atoms with Crippen molar-refractivity contribution in [3.8, 4) is 5.69 Å². The standard InChI is InChI=1S/C17H21N3O3/c1-12-16(18-15(21)11-23-10-13-8-9-13)17(22)20(19(12)2)14-6-4-3-5-7-14/h3-7,13H,8-11H2,1-2H3,(H,18,21). The Balaban J connectivity index is 1.77. The molecule has 0 radical (unpaired) electrons. The van der Waals surface area contributed by atoms with E-state index in [1.54, 1.807) is 11.7 Å². The van der Waals surface area contributed by atoms with Gasteiger partial charge in [-0.05, 0) is 37.8 Å². The Morgan fingerprint density at radius 3 is 2.65 bits per heavy atom. The molecule has 0 unspecified atom stereocenters. The number of aromatic nitrogens is 2. The summed E-state index contributed by atoms with van der Waals surface area (Å²) in [5.74, 6) is 0.313. The molecule has 0 aliphatic heterocycles. The molecule has 1 aliphatic rings. The molecule has 1 fully saturated rings. The third-order valence-corrected chi connectivity index (χ3v) is 4.10. The Kier molecular flexibility index (Phi) is 4.34. The second-order valence-electron chi connectivity index (χ2n) is 5.94. The Morgan fingerprint density at radius 1 is 1.30 bits per heavy atom. The molecule has 1 aromatic heterocycles. The number of rotatable bonds is 6. The second-order valence-corrected chi connectivity index (χ2v) is 5.94. The van der Waals surface area contributed by atoms with Crippen LogP contribution >= 0.6 is 0 Å². The molecule has 1 heterocycles. The van der Waals surface area contributed by atoms with Crippen LogP contribution < -0.4 is 10.9 Å². The molecular formula is C17H21N3O3. The maximum absolute atomic E-state index is 12.6. The molecular weight excluding hydrogens is 294 g/mol. The maximum Gasteiger partial charge on any atom is 0.295 e. The average molecular weight is 315 g/mol. The monoisotopic (exact) mass is 315 g/mol. The van der Waals surface area contributed by atoms with Crippen LogP contribution in [0.5, 0.6) is 0 Å². The highest BCUT2D eigenvalue weighted by atomic mass is 16.5. The maximum atomic E-state index is 12.6. The van der Waals surface area contributed by atoms with E-state index in [4.69, 9.17) is 4.74 Å². The SMILES string of the molecule is Cc1c(NC(=O)COCC2CC2)c(=O)n(-c2ccccc2)n1C. The summed E-state index contributed by atoms with van der Waals surface area (Å²) in [6.07, 6.45) is 2.36. The first-order chi connectivity index (χ1) is 11.1. The van der Waals surface area contributed by atoms with Crippen LogP contribution in [0.2, 0.25) is 0 Å². The quantitative estimate of drug-likeness (QED) is 0.885. The molecule has 23 heavy (non-hydrogen) atoms. The highest BCUT2D eigenvalue weighted by Crippen LogP contribution is 2.28. The summed E-state index contributed by atoms with van der Waals surface area (Å²) >= 11 is 0. The van der Waals surface area contributed by atoms with Crippen molar-refractivity contribution in [3.05, 3.63) is 46.4 Å². The van der Waals surface area contributed by atoms with E-state index in [1.807, 2.05) is 37.3 Å². The van der Waals surface area contributed by atoms with Gasteiger partial charge in [0.25, 0.3) is 11.5 Å². The largest absolute Gasteiger partial charge is 0.371 e. The molecule has 1 aromatic carbocycles. The fourth-order valence-corrected chi connectivity index (χ4v) is 2.49. The van der Waals surface area contributed by atoms with Gasteiger partial charge in [-0.25, -0.2) is 4.68 Å². The number of carbonyl (C=O) groups is 1. The van der Waals surface area contributed by atoms with Crippen molar-refractivity contribution in [1.29, 1.82) is 0 Å². The van der Waals surface area contributed by atoms with E-state index < -0.39 is 0 Å². The van der Waals surface area contributed by atoms with Gasteiger partial charge in [0.15, 0.2) is 0 Å². The molecule has 1 aliphatic carbocycles. The number of amides is 1. The second kappa shape index (κ2) is 6.42. The number of hydrogen-bond donors (Lipinski definition) is 1. The molecule has 1 N–H and O–H groups in total. The minimum atomic E-state index is -0.295. The summed E-state index contributed by atoms with van der Waals surface area (Å²) in [4.78, 5) is 24.6. The van der Waals surface area contributed by atoms with Gasteiger partial charge in [-0.2, -0.15) is 0 Å². The molecule has 1 saturated carbocycles. The summed E-state index contributed by atoms with van der Waals surface area (Å²) in [6.45, 7) is 2.41. The van der Waals surface area contributed by atoms with Gasteiger partial charge in [0.1, 0.15) is 12.3 Å². The van der Waals surface area contributed by atoms with Crippen LogP contribution in [0.25, 0.3) is 5.69 Å². The summed E-state index contributed by atoms with van der Waals surface area (Å²) in [6, 6.07) is 9.34. The Hall–Kier alpha value is -2.34. The van der Waals surface area contributed by atoms with E-state index in [2.05, 4.69) is 5.32 Å². The Labute approximate surface area is 134 Å². The first-order valence-electron chi connectivity index (χ1n) is 7.79. The van der Waals surface area contributed by atoms with Crippen LogP contribution in [0.4, 0.5) is 5.69 Å². The molecule has 2 aromatic rings. The van der Waals surface area contributed by atoms with E-state index in [0.29, 0.717) is 23.9 Å². The Bertz CT molecular complexity index is 757. The number of hydrogen-bond acceptors (Lipinski definition) is 3. The first-order valence-corrected chi connectivity index (χ1v) is 7.79. The number of nitrogens with zero attached hydrogens (tertiary/aromatic N) is 2. The number of carbonyl (C=O) groups excluding carboxylic acids is 1. The lowest BCUT2D eigenvalue weighted by Crippen LogP contribution is -2.25. The van der Waals surface area contributed by atoms with Gasteiger partial charge in [-0.15, -0.1) is 0 Å². The topological polar surface area (TPSA) is 65.3 Å². The number of benzene rings is 1. The predicted molar refractivity (Wildman–Crippen MR) is 87.9 cm³/mol. The third kappa shape index (κ3) is 3.37. The summed E-state index contributed by atoms with van der Waals surface area (Å²) in [5.41, 5.74) is 1.52. The van der Waals surface area contributed by atoms with Gasteiger partial charge in [-0.3, -0.25) is 14.3 Å². The van der Waals surface area contributed by atoms with Crippen LogP contribution in [0.1, 0.15) is 18.5 Å². The molecule has 0 atom stereocenters. The van der Waals surface area contributed by atoms with E-state index in [0.717, 1.165) is 5.69 Å². The van der Waals surface area contributed by atoms with Crippen LogP contribution in [-0.2, 0) is 16.6 Å².